The smallest absolute Gasteiger partial charge is 0.325 e. The molecule has 5 heteroatoms. The van der Waals surface area contributed by atoms with Crippen molar-refractivity contribution in [3.05, 3.63) is 35.4 Å². The van der Waals surface area contributed by atoms with Gasteiger partial charge >= 0.3 is 6.18 Å². The minimum absolute atomic E-state index is 0.419. The summed E-state index contributed by atoms with van der Waals surface area (Å²) in [6.07, 6.45) is -4.57. The summed E-state index contributed by atoms with van der Waals surface area (Å²) >= 11 is 0. The van der Waals surface area contributed by atoms with Gasteiger partial charge in [-0.05, 0) is 19.9 Å². The van der Waals surface area contributed by atoms with Gasteiger partial charge in [0.25, 0.3) is 0 Å². The first-order valence-corrected chi connectivity index (χ1v) is 4.78. The van der Waals surface area contributed by atoms with Crippen molar-refractivity contribution in [3.8, 4) is 0 Å². The Kier molecular flexibility index (Phi) is 3.28. The Bertz CT molecular complexity index is 368. The van der Waals surface area contributed by atoms with E-state index < -0.39 is 29.0 Å². The van der Waals surface area contributed by atoms with E-state index in [0.717, 1.165) is 19.1 Å². The van der Waals surface area contributed by atoms with Gasteiger partial charge in [0.15, 0.2) is 0 Å². The van der Waals surface area contributed by atoms with Crippen LogP contribution in [0.25, 0.3) is 0 Å². The molecule has 0 heterocycles. The van der Waals surface area contributed by atoms with Crippen molar-refractivity contribution in [2.24, 2.45) is 5.73 Å². The molecule has 1 nitrogen and oxygen atoms in total. The highest BCUT2D eigenvalue weighted by Crippen LogP contribution is 2.39. The molecule has 0 aliphatic rings. The molecule has 0 radical (unpaired) electrons. The van der Waals surface area contributed by atoms with Crippen LogP contribution in [0.4, 0.5) is 17.6 Å². The van der Waals surface area contributed by atoms with Gasteiger partial charge in [-0.15, -0.1) is 0 Å². The van der Waals surface area contributed by atoms with E-state index in [2.05, 4.69) is 0 Å². The third-order valence-corrected chi connectivity index (χ3v) is 2.61. The van der Waals surface area contributed by atoms with E-state index in [4.69, 9.17) is 5.73 Å². The van der Waals surface area contributed by atoms with Crippen LogP contribution in [0.3, 0.4) is 0 Å². The van der Waals surface area contributed by atoms with Gasteiger partial charge in [-0.25, -0.2) is 4.39 Å². The predicted molar refractivity (Wildman–Crippen MR) is 53.6 cm³/mol. The maximum Gasteiger partial charge on any atom is 0.416 e. The molecule has 16 heavy (non-hydrogen) atoms. The highest BCUT2D eigenvalue weighted by molar-refractivity contribution is 5.35. The maximum absolute atomic E-state index is 14.1. The lowest BCUT2D eigenvalue weighted by Crippen LogP contribution is -2.38. The van der Waals surface area contributed by atoms with E-state index in [-0.39, 0.29) is 0 Å². The molecule has 0 fully saturated rings. The lowest BCUT2D eigenvalue weighted by molar-refractivity contribution is -0.139. The summed E-state index contributed by atoms with van der Waals surface area (Å²) < 4.78 is 52.0. The molecule has 1 aromatic carbocycles. The van der Waals surface area contributed by atoms with Crippen LogP contribution in [-0.2, 0) is 11.8 Å². The van der Waals surface area contributed by atoms with Gasteiger partial charge in [0.2, 0.25) is 0 Å². The second kappa shape index (κ2) is 4.05. The van der Waals surface area contributed by atoms with Crippen molar-refractivity contribution in [1.82, 2.24) is 0 Å². The van der Waals surface area contributed by atoms with Gasteiger partial charge in [-0.3, -0.25) is 0 Å². The van der Waals surface area contributed by atoms with E-state index in [0.29, 0.717) is 0 Å². The molecule has 0 aromatic heterocycles. The molecule has 0 aliphatic heterocycles. The van der Waals surface area contributed by atoms with Crippen LogP contribution in [-0.4, -0.2) is 6.04 Å². The lowest BCUT2D eigenvalue weighted by atomic mass is 9.88. The minimum atomic E-state index is -4.57. The summed E-state index contributed by atoms with van der Waals surface area (Å²) in [6.45, 7) is 2.40. The van der Waals surface area contributed by atoms with Crippen molar-refractivity contribution in [2.45, 2.75) is 31.7 Å². The van der Waals surface area contributed by atoms with E-state index in [1.807, 2.05) is 0 Å². The molecule has 0 amide bonds. The minimum Gasteiger partial charge on any atom is -0.325 e. The van der Waals surface area contributed by atoms with Crippen molar-refractivity contribution < 1.29 is 17.6 Å². The standard InChI is InChI=1S/C11H13F4N/c1-7(16)10(2,12)8-5-3-4-6-9(8)11(13,14)15/h3-7H,16H2,1-2H3. The van der Waals surface area contributed by atoms with Crippen LogP contribution >= 0.6 is 0 Å². The van der Waals surface area contributed by atoms with Crippen LogP contribution in [0, 0.1) is 0 Å². The van der Waals surface area contributed by atoms with Crippen molar-refractivity contribution in [3.63, 3.8) is 0 Å². The van der Waals surface area contributed by atoms with Crippen molar-refractivity contribution in [2.75, 3.05) is 0 Å². The van der Waals surface area contributed by atoms with Crippen LogP contribution in [0.15, 0.2) is 24.3 Å². The molecule has 0 aliphatic carbocycles. The Hall–Kier alpha value is -1.10. The van der Waals surface area contributed by atoms with Crippen LogP contribution in [0.1, 0.15) is 25.0 Å². The summed E-state index contributed by atoms with van der Waals surface area (Å²) in [5, 5.41) is 0. The number of nitrogens with two attached hydrogens (primary N) is 1. The summed E-state index contributed by atoms with van der Waals surface area (Å²) in [7, 11) is 0. The lowest BCUT2D eigenvalue weighted by Gasteiger charge is -2.28. The van der Waals surface area contributed by atoms with Crippen molar-refractivity contribution in [1.29, 1.82) is 0 Å². The molecule has 0 saturated heterocycles. The third kappa shape index (κ3) is 2.35. The molecule has 1 rings (SSSR count). The zero-order valence-corrected chi connectivity index (χ0v) is 8.98. The first-order valence-electron chi connectivity index (χ1n) is 4.78. The number of alkyl halides is 4. The molecule has 2 atom stereocenters. The number of hydrogen-bond donors (Lipinski definition) is 1. The number of rotatable bonds is 2. The number of benzene rings is 1. The van der Waals surface area contributed by atoms with Crippen LogP contribution in [0.2, 0.25) is 0 Å². The predicted octanol–water partition coefficient (Wildman–Crippen LogP) is 3.24. The molecule has 90 valence electrons. The monoisotopic (exact) mass is 235 g/mol. The molecule has 2 N–H and O–H groups in total. The third-order valence-electron chi connectivity index (χ3n) is 2.61. The fourth-order valence-electron chi connectivity index (χ4n) is 1.40. The maximum atomic E-state index is 14.1. The average molecular weight is 235 g/mol. The number of hydrogen-bond acceptors (Lipinski definition) is 1. The highest BCUT2D eigenvalue weighted by Gasteiger charge is 2.41. The topological polar surface area (TPSA) is 26.0 Å². The Morgan fingerprint density at radius 2 is 1.50 bits per heavy atom. The van der Waals surface area contributed by atoms with Gasteiger partial charge in [0.05, 0.1) is 5.56 Å². The second-order valence-electron chi connectivity index (χ2n) is 3.91. The first kappa shape index (κ1) is 13.0. The van der Waals surface area contributed by atoms with Crippen molar-refractivity contribution >= 4 is 0 Å². The summed E-state index contributed by atoms with van der Waals surface area (Å²) in [6, 6.07) is 3.55. The van der Waals surface area contributed by atoms with E-state index in [9.17, 15) is 17.6 Å². The van der Waals surface area contributed by atoms with Gasteiger partial charge in [0.1, 0.15) is 5.67 Å². The zero-order chi connectivity index (χ0) is 12.6. The fraction of sp³-hybridized carbons (Fsp3) is 0.455. The van der Waals surface area contributed by atoms with E-state index in [1.165, 1.54) is 19.1 Å². The Labute approximate surface area is 91.3 Å². The van der Waals surface area contributed by atoms with E-state index in [1.54, 1.807) is 0 Å². The van der Waals surface area contributed by atoms with Crippen LogP contribution < -0.4 is 5.73 Å². The Morgan fingerprint density at radius 3 is 1.88 bits per heavy atom. The zero-order valence-electron chi connectivity index (χ0n) is 8.98. The summed E-state index contributed by atoms with van der Waals surface area (Å²) in [5.74, 6) is 0. The molecule has 0 spiro atoms. The Balaban J connectivity index is 3.35. The Morgan fingerprint density at radius 1 is 1.06 bits per heavy atom. The molecule has 0 saturated carbocycles. The average Bonchev–Trinajstić information content (AvgIpc) is 2.16. The van der Waals surface area contributed by atoms with Gasteiger partial charge in [-0.1, -0.05) is 18.2 Å². The molecular formula is C11H13F4N. The largest absolute Gasteiger partial charge is 0.416 e. The van der Waals surface area contributed by atoms with Crippen LogP contribution in [0.5, 0.6) is 0 Å². The quantitative estimate of drug-likeness (QED) is 0.782. The molecule has 1 aromatic rings. The molecule has 2 unspecified atom stereocenters. The summed E-state index contributed by atoms with van der Waals surface area (Å²) in [4.78, 5) is 0. The SMILES string of the molecule is CC(N)C(C)(F)c1ccccc1C(F)(F)F. The first-order chi connectivity index (χ1) is 7.17. The number of halogens is 4. The molecular weight excluding hydrogens is 222 g/mol. The van der Waals surface area contributed by atoms with Gasteiger partial charge in [0, 0.05) is 11.6 Å². The van der Waals surface area contributed by atoms with Gasteiger partial charge in [-0.2, -0.15) is 13.2 Å². The summed E-state index contributed by atoms with van der Waals surface area (Å²) in [5.41, 5.74) is 1.78. The molecule has 0 bridgehead atoms. The normalized spacial score (nSPS) is 17.9. The van der Waals surface area contributed by atoms with E-state index >= 15 is 0 Å². The second-order valence-corrected chi connectivity index (χ2v) is 3.91. The fourth-order valence-corrected chi connectivity index (χ4v) is 1.40. The van der Waals surface area contributed by atoms with Gasteiger partial charge < -0.3 is 5.73 Å². The highest BCUT2D eigenvalue weighted by atomic mass is 19.4.